The van der Waals surface area contributed by atoms with Gasteiger partial charge in [-0.1, -0.05) is 80.1 Å². The molecule has 0 unspecified atom stereocenters. The molecular weight excluding hydrogens is 168 g/mol. The van der Waals surface area contributed by atoms with Crippen molar-refractivity contribution in [2.24, 2.45) is 11.8 Å². The van der Waals surface area contributed by atoms with Crippen LogP contribution in [-0.4, -0.2) is 0 Å². The molecule has 0 spiro atoms. The first-order valence-electron chi connectivity index (χ1n) is 6.79. The van der Waals surface area contributed by atoms with Crippen molar-refractivity contribution in [1.29, 1.82) is 0 Å². The van der Waals surface area contributed by atoms with E-state index in [9.17, 15) is 0 Å². The van der Waals surface area contributed by atoms with Gasteiger partial charge >= 0.3 is 0 Å². The molecule has 0 aliphatic rings. The molecule has 0 saturated carbocycles. The Morgan fingerprint density at radius 1 is 0.643 bits per heavy atom. The van der Waals surface area contributed by atoms with Gasteiger partial charge in [-0.05, 0) is 11.8 Å². The molecule has 0 aromatic carbocycles. The monoisotopic (exact) mass is 200 g/mol. The van der Waals surface area contributed by atoms with E-state index in [2.05, 4.69) is 27.7 Å². The molecule has 14 heavy (non-hydrogen) atoms. The summed E-state index contributed by atoms with van der Waals surface area (Å²) in [6.07, 6.45) is 8.37. The van der Waals surface area contributed by atoms with E-state index in [0.29, 0.717) is 0 Å². The van der Waals surface area contributed by atoms with Gasteiger partial charge in [-0.25, -0.2) is 0 Å². The van der Waals surface area contributed by atoms with Crippen LogP contribution < -0.4 is 0 Å². The van der Waals surface area contributed by atoms with Gasteiger partial charge in [-0.3, -0.25) is 0 Å². The molecule has 0 heterocycles. The smallest absolute Gasteiger partial charge is 0.0386 e. The van der Waals surface area contributed by atoms with E-state index in [1.165, 1.54) is 38.5 Å². The molecule has 0 aliphatic carbocycles. The van der Waals surface area contributed by atoms with Crippen LogP contribution in [0.5, 0.6) is 0 Å². The molecule has 0 nitrogen and oxygen atoms in total. The summed E-state index contributed by atoms with van der Waals surface area (Å²) in [4.78, 5) is 0. The lowest BCUT2D eigenvalue weighted by Gasteiger charge is -2.24. The second kappa shape index (κ2) is 13.0. The van der Waals surface area contributed by atoms with E-state index in [0.717, 1.165) is 11.8 Å². The minimum absolute atomic E-state index is 0.991. The predicted octanol–water partition coefficient (Wildman–Crippen LogP) is 5.67. The van der Waals surface area contributed by atoms with Crippen molar-refractivity contribution in [3.05, 3.63) is 0 Å². The summed E-state index contributed by atoms with van der Waals surface area (Å²) < 4.78 is 0. The fourth-order valence-corrected chi connectivity index (χ4v) is 2.31. The van der Waals surface area contributed by atoms with E-state index in [1.54, 1.807) is 0 Å². The summed E-state index contributed by atoms with van der Waals surface area (Å²) in [6, 6.07) is 0. The third-order valence-electron chi connectivity index (χ3n) is 3.03. The number of rotatable bonds is 7. The van der Waals surface area contributed by atoms with E-state index in [1.807, 2.05) is 13.8 Å². The topological polar surface area (TPSA) is 0 Å². The Kier molecular flexibility index (Phi) is 15.3. The first-order chi connectivity index (χ1) is 6.79. The lowest BCUT2D eigenvalue weighted by atomic mass is 9.82. The zero-order valence-corrected chi connectivity index (χ0v) is 11.4. The largest absolute Gasteiger partial charge is 0.0683 e. The second-order valence-corrected chi connectivity index (χ2v) is 3.91. The standard InChI is InChI=1S/C12H26.C2H6/c1-5-9-12(10-6-2)11(7-3)8-4;1-2/h11-12H,5-10H2,1-4H3;1-2H3. The molecule has 0 heteroatoms. The summed E-state index contributed by atoms with van der Waals surface area (Å²) in [5, 5.41) is 0. The van der Waals surface area contributed by atoms with Crippen LogP contribution in [-0.2, 0) is 0 Å². The van der Waals surface area contributed by atoms with Crippen LogP contribution >= 0.6 is 0 Å². The van der Waals surface area contributed by atoms with Gasteiger partial charge in [-0.15, -0.1) is 0 Å². The Morgan fingerprint density at radius 3 is 1.21 bits per heavy atom. The van der Waals surface area contributed by atoms with E-state index in [4.69, 9.17) is 0 Å². The average molecular weight is 200 g/mol. The Balaban J connectivity index is 0. The minimum atomic E-state index is 0.991. The van der Waals surface area contributed by atoms with Gasteiger partial charge in [-0.2, -0.15) is 0 Å². The van der Waals surface area contributed by atoms with Gasteiger partial charge in [0.15, 0.2) is 0 Å². The van der Waals surface area contributed by atoms with Crippen LogP contribution in [0.3, 0.4) is 0 Å². The average Bonchev–Trinajstić information content (AvgIpc) is 2.23. The maximum atomic E-state index is 2.34. The van der Waals surface area contributed by atoms with Gasteiger partial charge in [0.2, 0.25) is 0 Å². The van der Waals surface area contributed by atoms with Gasteiger partial charge in [0.1, 0.15) is 0 Å². The first-order valence-corrected chi connectivity index (χ1v) is 6.79. The summed E-state index contributed by atoms with van der Waals surface area (Å²) >= 11 is 0. The normalized spacial score (nSPS) is 10.3. The SMILES string of the molecule is CC.CCCC(CCC)C(CC)CC. The fraction of sp³-hybridized carbons (Fsp3) is 1.00. The molecule has 0 N–H and O–H groups in total. The van der Waals surface area contributed by atoms with Crippen LogP contribution in [0.25, 0.3) is 0 Å². The highest BCUT2D eigenvalue weighted by molar-refractivity contribution is 4.67. The maximum absolute atomic E-state index is 2.34. The maximum Gasteiger partial charge on any atom is -0.0386 e. The first kappa shape index (κ1) is 16.4. The Hall–Kier alpha value is 0. The summed E-state index contributed by atoms with van der Waals surface area (Å²) in [6.45, 7) is 13.3. The van der Waals surface area contributed by atoms with E-state index in [-0.39, 0.29) is 0 Å². The van der Waals surface area contributed by atoms with Gasteiger partial charge in [0.25, 0.3) is 0 Å². The summed E-state index contributed by atoms with van der Waals surface area (Å²) in [7, 11) is 0. The van der Waals surface area contributed by atoms with Crippen LogP contribution in [0.4, 0.5) is 0 Å². The highest BCUT2D eigenvalue weighted by Crippen LogP contribution is 2.27. The predicted molar refractivity (Wildman–Crippen MR) is 68.7 cm³/mol. The molecule has 0 radical (unpaired) electrons. The Bertz CT molecular complexity index is 76.0. The van der Waals surface area contributed by atoms with Crippen molar-refractivity contribution in [3.8, 4) is 0 Å². The minimum Gasteiger partial charge on any atom is -0.0683 e. The summed E-state index contributed by atoms with van der Waals surface area (Å²) in [5.74, 6) is 2.00. The molecule has 0 bridgehead atoms. The second-order valence-electron chi connectivity index (χ2n) is 3.91. The molecule has 88 valence electrons. The third-order valence-corrected chi connectivity index (χ3v) is 3.03. The molecule has 0 saturated heterocycles. The molecule has 0 fully saturated rings. The highest BCUT2D eigenvalue weighted by atomic mass is 14.2. The third kappa shape index (κ3) is 7.41. The van der Waals surface area contributed by atoms with Crippen LogP contribution in [0, 0.1) is 11.8 Å². The van der Waals surface area contributed by atoms with Crippen molar-refractivity contribution in [2.45, 2.75) is 80.1 Å². The zero-order valence-electron chi connectivity index (χ0n) is 11.4. The van der Waals surface area contributed by atoms with Crippen molar-refractivity contribution in [3.63, 3.8) is 0 Å². The molecule has 0 aromatic rings. The van der Waals surface area contributed by atoms with Crippen molar-refractivity contribution in [2.75, 3.05) is 0 Å². The quantitative estimate of drug-likeness (QED) is 0.497. The van der Waals surface area contributed by atoms with Gasteiger partial charge in [0.05, 0.1) is 0 Å². The Labute approximate surface area is 92.5 Å². The molecular formula is C14H32. The fourth-order valence-electron chi connectivity index (χ4n) is 2.31. The Morgan fingerprint density at radius 2 is 1.00 bits per heavy atom. The van der Waals surface area contributed by atoms with Crippen molar-refractivity contribution < 1.29 is 0 Å². The van der Waals surface area contributed by atoms with E-state index < -0.39 is 0 Å². The zero-order chi connectivity index (χ0) is 11.4. The molecule has 0 aliphatic heterocycles. The molecule has 0 atom stereocenters. The molecule has 0 amide bonds. The number of hydrogen-bond acceptors (Lipinski definition) is 0. The summed E-state index contributed by atoms with van der Waals surface area (Å²) in [5.41, 5.74) is 0. The van der Waals surface area contributed by atoms with Crippen molar-refractivity contribution >= 4 is 0 Å². The van der Waals surface area contributed by atoms with E-state index >= 15 is 0 Å². The van der Waals surface area contributed by atoms with Gasteiger partial charge in [0, 0.05) is 0 Å². The van der Waals surface area contributed by atoms with Crippen LogP contribution in [0.1, 0.15) is 80.1 Å². The molecule has 0 rings (SSSR count). The lowest BCUT2D eigenvalue weighted by molar-refractivity contribution is 0.274. The lowest BCUT2D eigenvalue weighted by Crippen LogP contribution is -2.13. The molecule has 0 aromatic heterocycles. The van der Waals surface area contributed by atoms with Crippen molar-refractivity contribution in [1.82, 2.24) is 0 Å². The van der Waals surface area contributed by atoms with Gasteiger partial charge < -0.3 is 0 Å². The van der Waals surface area contributed by atoms with Crippen LogP contribution in [0.2, 0.25) is 0 Å². The van der Waals surface area contributed by atoms with Crippen LogP contribution in [0.15, 0.2) is 0 Å². The number of hydrogen-bond donors (Lipinski definition) is 0. The highest BCUT2D eigenvalue weighted by Gasteiger charge is 2.15.